The normalized spacial score (nSPS) is 12.6. The van der Waals surface area contributed by atoms with E-state index in [0.29, 0.717) is 16.5 Å². The molecule has 2 N–H and O–H groups in total. The molecule has 0 radical (unpaired) electrons. The van der Waals surface area contributed by atoms with E-state index in [1.54, 1.807) is 7.11 Å². The maximum absolute atomic E-state index is 12.5. The molecule has 0 saturated heterocycles. The number of carboxylic acid groups (broad SMARTS) is 1. The van der Waals surface area contributed by atoms with Gasteiger partial charge in [-0.25, -0.2) is 4.98 Å². The fraction of sp³-hybridized carbons (Fsp3) is 0.258. The fourth-order valence-corrected chi connectivity index (χ4v) is 5.07. The molecule has 2 atom stereocenters. The maximum Gasteiger partial charge on any atom is 0.305 e. The molecule has 0 spiro atoms. The zero-order valence-corrected chi connectivity index (χ0v) is 22.2. The molecule has 4 aromatic rings. The van der Waals surface area contributed by atoms with Gasteiger partial charge in [-0.05, 0) is 65.4 Å². The molecular formula is C31H31ClN2O4. The number of amides is 1. The smallest absolute Gasteiger partial charge is 0.305 e. The van der Waals surface area contributed by atoms with Crippen molar-refractivity contribution in [2.45, 2.75) is 38.0 Å². The van der Waals surface area contributed by atoms with Crippen LogP contribution in [0.5, 0.6) is 5.88 Å². The number of pyridine rings is 1. The first-order valence-corrected chi connectivity index (χ1v) is 13.1. The largest absolute Gasteiger partial charge is 0.481 e. The first kappa shape index (κ1) is 27.1. The van der Waals surface area contributed by atoms with Crippen LogP contribution in [0.3, 0.4) is 0 Å². The van der Waals surface area contributed by atoms with Crippen LogP contribution in [0.4, 0.5) is 0 Å². The molecule has 38 heavy (non-hydrogen) atoms. The molecule has 1 heterocycles. The Morgan fingerprint density at radius 3 is 2.34 bits per heavy atom. The monoisotopic (exact) mass is 530 g/mol. The van der Waals surface area contributed by atoms with Crippen LogP contribution in [-0.2, 0) is 4.79 Å². The highest BCUT2D eigenvalue weighted by Gasteiger charge is 2.28. The summed E-state index contributed by atoms with van der Waals surface area (Å²) in [6.45, 7) is 2.26. The van der Waals surface area contributed by atoms with Crippen LogP contribution in [0, 0.1) is 0 Å². The van der Waals surface area contributed by atoms with E-state index in [0.717, 1.165) is 40.4 Å². The third-order valence-electron chi connectivity index (χ3n) is 6.74. The summed E-state index contributed by atoms with van der Waals surface area (Å²) >= 11 is 6.25. The van der Waals surface area contributed by atoms with Gasteiger partial charge in [0.25, 0.3) is 5.91 Å². The van der Waals surface area contributed by atoms with E-state index in [1.807, 2.05) is 54.6 Å². The Hall–Kier alpha value is -3.90. The number of carbonyl (C=O) groups excluding carboxylic acids is 1. The quantitative estimate of drug-likeness (QED) is 0.222. The van der Waals surface area contributed by atoms with Gasteiger partial charge in [0.2, 0.25) is 5.88 Å². The van der Waals surface area contributed by atoms with Gasteiger partial charge in [0.05, 0.1) is 19.0 Å². The minimum atomic E-state index is -0.946. The van der Waals surface area contributed by atoms with E-state index in [-0.39, 0.29) is 30.7 Å². The van der Waals surface area contributed by atoms with E-state index >= 15 is 0 Å². The number of carboxylic acids is 1. The van der Waals surface area contributed by atoms with E-state index < -0.39 is 5.97 Å². The van der Waals surface area contributed by atoms with Crippen molar-refractivity contribution in [2.75, 3.05) is 13.7 Å². The number of ether oxygens (including phenoxy) is 1. The molecule has 1 unspecified atom stereocenters. The van der Waals surface area contributed by atoms with Crippen molar-refractivity contribution in [2.24, 2.45) is 0 Å². The number of aromatic nitrogens is 1. The molecule has 6 nitrogen and oxygen atoms in total. The Kier molecular flexibility index (Phi) is 8.98. The van der Waals surface area contributed by atoms with Crippen molar-refractivity contribution in [3.8, 4) is 5.88 Å². The van der Waals surface area contributed by atoms with Crippen LogP contribution >= 0.6 is 11.6 Å². The first-order valence-electron chi connectivity index (χ1n) is 12.7. The standard InChI is InChI=1S/C31H31ClN2O4/c1-3-5-24(20-8-10-22(11-9-20)31(37)33-19-18-29(35)36)30(21-12-14-23(32)15-13-21)26-6-4-7-27-25(26)16-17-28(34-27)38-2/h4,6-17,24,30H,3,5,18-19H2,1-2H3,(H,33,37)(H,35,36)/t24-,30?/m1/s1. The zero-order chi connectivity index (χ0) is 27.1. The van der Waals surface area contributed by atoms with Gasteiger partial charge >= 0.3 is 5.97 Å². The molecule has 0 aliphatic heterocycles. The molecule has 0 aliphatic carbocycles. The van der Waals surface area contributed by atoms with E-state index in [1.165, 1.54) is 0 Å². The number of hydrogen-bond acceptors (Lipinski definition) is 4. The number of halogens is 1. The van der Waals surface area contributed by atoms with Crippen molar-refractivity contribution < 1.29 is 19.4 Å². The summed E-state index contributed by atoms with van der Waals surface area (Å²) in [5.74, 6) is -0.522. The Morgan fingerprint density at radius 1 is 0.974 bits per heavy atom. The molecule has 0 bridgehead atoms. The summed E-state index contributed by atoms with van der Waals surface area (Å²) < 4.78 is 5.35. The maximum atomic E-state index is 12.5. The molecule has 1 aromatic heterocycles. The summed E-state index contributed by atoms with van der Waals surface area (Å²) in [7, 11) is 1.61. The van der Waals surface area contributed by atoms with Crippen LogP contribution in [0.1, 0.15) is 65.1 Å². The van der Waals surface area contributed by atoms with Gasteiger partial charge in [-0.1, -0.05) is 61.3 Å². The number of fused-ring (bicyclic) bond motifs is 1. The molecule has 0 aliphatic rings. The predicted octanol–water partition coefficient (Wildman–Crippen LogP) is 6.82. The average Bonchev–Trinajstić information content (AvgIpc) is 2.93. The van der Waals surface area contributed by atoms with Gasteiger partial charge in [0, 0.05) is 34.5 Å². The van der Waals surface area contributed by atoms with Gasteiger partial charge in [-0.2, -0.15) is 0 Å². The summed E-state index contributed by atoms with van der Waals surface area (Å²) in [6.07, 6.45) is 1.79. The van der Waals surface area contributed by atoms with Gasteiger partial charge in [-0.3, -0.25) is 9.59 Å². The van der Waals surface area contributed by atoms with Crippen LogP contribution in [0.2, 0.25) is 5.02 Å². The number of nitrogens with zero attached hydrogens (tertiary/aromatic N) is 1. The number of carbonyl (C=O) groups is 2. The summed E-state index contributed by atoms with van der Waals surface area (Å²) in [6, 6.07) is 25.7. The minimum absolute atomic E-state index is 0.0151. The lowest BCUT2D eigenvalue weighted by Gasteiger charge is -2.30. The van der Waals surface area contributed by atoms with Crippen LogP contribution in [0.15, 0.2) is 78.9 Å². The topological polar surface area (TPSA) is 88.5 Å². The Morgan fingerprint density at radius 2 is 1.68 bits per heavy atom. The lowest BCUT2D eigenvalue weighted by Crippen LogP contribution is -2.26. The van der Waals surface area contributed by atoms with E-state index in [2.05, 4.69) is 41.5 Å². The third kappa shape index (κ3) is 6.32. The second kappa shape index (κ2) is 12.6. The van der Waals surface area contributed by atoms with E-state index in [9.17, 15) is 9.59 Å². The molecule has 4 rings (SSSR count). The Bertz CT molecular complexity index is 1400. The van der Waals surface area contributed by atoms with Crippen molar-refractivity contribution in [3.63, 3.8) is 0 Å². The third-order valence-corrected chi connectivity index (χ3v) is 6.99. The summed E-state index contributed by atoms with van der Waals surface area (Å²) in [4.78, 5) is 27.9. The van der Waals surface area contributed by atoms with Crippen LogP contribution in [0.25, 0.3) is 10.9 Å². The molecule has 196 valence electrons. The Labute approximate surface area is 227 Å². The van der Waals surface area contributed by atoms with Gasteiger partial charge in [0.15, 0.2) is 0 Å². The molecule has 0 fully saturated rings. The number of nitrogens with one attached hydrogen (secondary N) is 1. The Balaban J connectivity index is 1.76. The lowest BCUT2D eigenvalue weighted by molar-refractivity contribution is -0.136. The molecule has 1 amide bonds. The van der Waals surface area contributed by atoms with Gasteiger partial charge < -0.3 is 15.2 Å². The second-order valence-corrected chi connectivity index (χ2v) is 9.65. The van der Waals surface area contributed by atoms with Crippen molar-refractivity contribution in [1.82, 2.24) is 10.3 Å². The first-order chi connectivity index (χ1) is 18.4. The van der Waals surface area contributed by atoms with Crippen molar-refractivity contribution in [1.29, 1.82) is 0 Å². The zero-order valence-electron chi connectivity index (χ0n) is 21.5. The lowest BCUT2D eigenvalue weighted by atomic mass is 9.74. The number of methoxy groups -OCH3 is 1. The second-order valence-electron chi connectivity index (χ2n) is 9.21. The number of aliphatic carboxylic acids is 1. The average molecular weight is 531 g/mol. The van der Waals surface area contributed by atoms with E-state index in [4.69, 9.17) is 21.4 Å². The predicted molar refractivity (Wildman–Crippen MR) is 150 cm³/mol. The number of rotatable bonds is 11. The summed E-state index contributed by atoms with van der Waals surface area (Å²) in [5.41, 5.74) is 4.79. The molecule has 3 aromatic carbocycles. The summed E-state index contributed by atoms with van der Waals surface area (Å²) in [5, 5.41) is 13.2. The highest BCUT2D eigenvalue weighted by atomic mass is 35.5. The SMILES string of the molecule is CCC[C@H](c1ccc(C(=O)NCCC(=O)O)cc1)C(c1ccc(Cl)cc1)c1cccc2nc(OC)ccc12. The molecule has 0 saturated carbocycles. The minimum Gasteiger partial charge on any atom is -0.481 e. The van der Waals surface area contributed by atoms with Crippen molar-refractivity contribution in [3.05, 3.63) is 106 Å². The van der Waals surface area contributed by atoms with Crippen LogP contribution in [-0.4, -0.2) is 35.6 Å². The van der Waals surface area contributed by atoms with Crippen LogP contribution < -0.4 is 10.1 Å². The van der Waals surface area contributed by atoms with Gasteiger partial charge in [-0.15, -0.1) is 0 Å². The van der Waals surface area contributed by atoms with Gasteiger partial charge in [0.1, 0.15) is 0 Å². The number of benzene rings is 3. The highest BCUT2D eigenvalue weighted by molar-refractivity contribution is 6.30. The molecule has 7 heteroatoms. The van der Waals surface area contributed by atoms with Crippen molar-refractivity contribution >= 4 is 34.4 Å². The highest BCUT2D eigenvalue weighted by Crippen LogP contribution is 2.44. The number of hydrogen-bond donors (Lipinski definition) is 2. The fourth-order valence-electron chi connectivity index (χ4n) is 4.95. The molecular weight excluding hydrogens is 500 g/mol.